The first-order valence-corrected chi connectivity index (χ1v) is 22.3. The van der Waals surface area contributed by atoms with E-state index in [-0.39, 0.29) is 0 Å². The van der Waals surface area contributed by atoms with Gasteiger partial charge in [0, 0.05) is 84.3 Å². The molecule has 0 spiro atoms. The van der Waals surface area contributed by atoms with Crippen molar-refractivity contribution in [3.63, 3.8) is 0 Å². The Kier molecular flexibility index (Phi) is 6.55. The second-order valence-corrected chi connectivity index (χ2v) is 18.4. The number of aromatic nitrogens is 2. The molecule has 0 saturated carbocycles. The zero-order chi connectivity index (χ0) is 38.3. The fourth-order valence-corrected chi connectivity index (χ4v) is 12.8. The maximum absolute atomic E-state index is 6.16. The normalized spacial score (nSPS) is 13.5. The van der Waals surface area contributed by atoms with E-state index >= 15 is 0 Å². The number of para-hydroxylation sites is 2. The molecule has 0 atom stereocenters. The predicted octanol–water partition coefficient (Wildman–Crippen LogP) is 15.9. The van der Waals surface area contributed by atoms with Crippen LogP contribution in [0.2, 0.25) is 0 Å². The molecule has 5 heterocycles. The van der Waals surface area contributed by atoms with Gasteiger partial charge in [-0.2, -0.15) is 0 Å². The molecule has 14 rings (SSSR count). The molecule has 13 aromatic rings. The van der Waals surface area contributed by atoms with E-state index in [0.717, 1.165) is 34.8 Å². The van der Waals surface area contributed by atoms with Gasteiger partial charge in [0.15, 0.2) is 0 Å². The number of hydrogen-bond acceptors (Lipinski definition) is 3. The maximum Gasteiger partial charge on any atom is 0.135 e. The van der Waals surface area contributed by atoms with Gasteiger partial charge < -0.3 is 13.6 Å². The third kappa shape index (κ3) is 4.52. The lowest BCUT2D eigenvalue weighted by molar-refractivity contribution is 0.667. The number of benzene rings is 8. The summed E-state index contributed by atoms with van der Waals surface area (Å²) in [7, 11) is 0. The summed E-state index contributed by atoms with van der Waals surface area (Å²) in [6.07, 6.45) is 4.74. The van der Waals surface area contributed by atoms with Gasteiger partial charge in [-0.05, 0) is 127 Å². The second-order valence-electron chi connectivity index (χ2n) is 16.3. The molecule has 3 nitrogen and oxygen atoms in total. The van der Waals surface area contributed by atoms with E-state index in [1.807, 2.05) is 34.8 Å². The lowest BCUT2D eigenvalue weighted by atomic mass is 9.95. The molecule has 0 fully saturated rings. The second kappa shape index (κ2) is 12.0. The van der Waals surface area contributed by atoms with Crippen LogP contribution >= 0.6 is 22.7 Å². The zero-order valence-corrected chi connectivity index (χ0v) is 33.6. The first-order valence-electron chi connectivity index (χ1n) is 20.6. The zero-order valence-electron chi connectivity index (χ0n) is 32.0. The summed E-state index contributed by atoms with van der Waals surface area (Å²) in [6.45, 7) is 0. The number of nitrogens with zero attached hydrogens (tertiary/aromatic N) is 2. The minimum absolute atomic E-state index is 0.923. The van der Waals surface area contributed by atoms with Crippen LogP contribution in [0.25, 0.3) is 117 Å². The summed E-state index contributed by atoms with van der Waals surface area (Å²) in [5.74, 6) is 0. The van der Waals surface area contributed by atoms with Crippen molar-refractivity contribution in [2.24, 2.45) is 0 Å². The van der Waals surface area contributed by atoms with Crippen LogP contribution in [0.4, 0.5) is 0 Å². The Balaban J connectivity index is 0.940. The average molecular weight is 791 g/mol. The third-order valence-electron chi connectivity index (χ3n) is 13.1. The molecule has 5 heteroatoms. The van der Waals surface area contributed by atoms with Gasteiger partial charge >= 0.3 is 0 Å². The topological polar surface area (TPSA) is 23.0 Å². The Bertz CT molecular complexity index is 3920. The van der Waals surface area contributed by atoms with E-state index in [1.54, 1.807) is 5.56 Å². The Morgan fingerprint density at radius 3 is 1.95 bits per heavy atom. The van der Waals surface area contributed by atoms with Gasteiger partial charge in [0.25, 0.3) is 0 Å². The summed E-state index contributed by atoms with van der Waals surface area (Å²) in [6, 6.07) is 58.6. The standard InChI is InChI=1S/C54H34N2OS2/c1-5-13-44-35(9-1)40-27-31(32-18-24-49-41(28-32)36-10-3-7-15-48(36)57-49)17-22-46(40)55(44)33-20-26-52-43(30-33)38-21-23-47-53(54(38)59-52)39-12-2-6-14-45(39)56(47)34-19-25-51-42(29-34)37-11-4-8-16-50(37)58-51/h1,3-5,7-11,13,15-30H,2,6,12,14H2. The van der Waals surface area contributed by atoms with Crippen molar-refractivity contribution < 1.29 is 4.42 Å². The molecule has 59 heavy (non-hydrogen) atoms. The molecule has 0 bridgehead atoms. The van der Waals surface area contributed by atoms with Crippen LogP contribution in [0.15, 0.2) is 162 Å². The number of furan rings is 1. The first-order chi connectivity index (χ1) is 29.2. The Morgan fingerprint density at radius 1 is 0.407 bits per heavy atom. The Labute approximate surface area is 346 Å². The Hall–Kier alpha value is -6.66. The summed E-state index contributed by atoms with van der Waals surface area (Å²) in [5.41, 5.74) is 13.5. The van der Waals surface area contributed by atoms with Crippen molar-refractivity contribution in [1.29, 1.82) is 0 Å². The van der Waals surface area contributed by atoms with Crippen LogP contribution in [0.3, 0.4) is 0 Å². The maximum atomic E-state index is 6.16. The highest BCUT2D eigenvalue weighted by atomic mass is 32.1. The molecular weight excluding hydrogens is 757 g/mol. The molecule has 8 aromatic carbocycles. The number of rotatable bonds is 3. The van der Waals surface area contributed by atoms with Gasteiger partial charge in [0.05, 0.1) is 16.6 Å². The van der Waals surface area contributed by atoms with E-state index in [1.165, 1.54) is 114 Å². The van der Waals surface area contributed by atoms with Crippen molar-refractivity contribution in [1.82, 2.24) is 9.13 Å². The van der Waals surface area contributed by atoms with Gasteiger partial charge in [-0.15, -0.1) is 22.7 Å². The van der Waals surface area contributed by atoms with E-state index in [4.69, 9.17) is 4.42 Å². The summed E-state index contributed by atoms with van der Waals surface area (Å²) in [5, 5.41) is 11.7. The molecule has 0 unspecified atom stereocenters. The largest absolute Gasteiger partial charge is 0.456 e. The number of aryl methyl sites for hydroxylation is 1. The lowest BCUT2D eigenvalue weighted by Crippen LogP contribution is -2.06. The van der Waals surface area contributed by atoms with E-state index < -0.39 is 0 Å². The van der Waals surface area contributed by atoms with Crippen molar-refractivity contribution in [2.45, 2.75) is 25.7 Å². The summed E-state index contributed by atoms with van der Waals surface area (Å²) >= 11 is 3.86. The molecule has 0 radical (unpaired) electrons. The highest BCUT2D eigenvalue weighted by Gasteiger charge is 2.25. The minimum Gasteiger partial charge on any atom is -0.456 e. The van der Waals surface area contributed by atoms with Crippen LogP contribution in [0.1, 0.15) is 24.1 Å². The molecule has 278 valence electrons. The molecular formula is C54H34N2OS2. The molecule has 1 aliphatic carbocycles. The lowest BCUT2D eigenvalue weighted by Gasteiger charge is -2.16. The highest BCUT2D eigenvalue weighted by molar-refractivity contribution is 7.27. The van der Waals surface area contributed by atoms with Gasteiger partial charge in [-0.3, -0.25) is 0 Å². The first kappa shape index (κ1) is 32.3. The van der Waals surface area contributed by atoms with Crippen molar-refractivity contribution in [3.05, 3.63) is 169 Å². The van der Waals surface area contributed by atoms with Gasteiger partial charge in [-0.25, -0.2) is 0 Å². The molecule has 0 saturated heterocycles. The van der Waals surface area contributed by atoms with E-state index in [2.05, 4.69) is 155 Å². The number of thiophene rings is 2. The van der Waals surface area contributed by atoms with Crippen LogP contribution in [-0.4, -0.2) is 9.13 Å². The predicted molar refractivity (Wildman–Crippen MR) is 253 cm³/mol. The van der Waals surface area contributed by atoms with Crippen molar-refractivity contribution >= 4 is 118 Å². The van der Waals surface area contributed by atoms with Gasteiger partial charge in [0.1, 0.15) is 11.2 Å². The van der Waals surface area contributed by atoms with Crippen molar-refractivity contribution in [2.75, 3.05) is 0 Å². The van der Waals surface area contributed by atoms with Crippen LogP contribution in [0, 0.1) is 0 Å². The van der Waals surface area contributed by atoms with Crippen molar-refractivity contribution in [3.8, 4) is 22.5 Å². The van der Waals surface area contributed by atoms with Gasteiger partial charge in [-0.1, -0.05) is 72.8 Å². The van der Waals surface area contributed by atoms with Gasteiger partial charge in [0.2, 0.25) is 0 Å². The smallest absolute Gasteiger partial charge is 0.135 e. The SMILES string of the molecule is c1ccc2c(c1)oc1ccc(-c3ccc4c(c3)c3ccccc3n4-c3ccc4sc5c(ccc6c5c5c(n6-c6ccc7sc8ccccc8c7c6)CCCC5)c4c3)cc12. The summed E-state index contributed by atoms with van der Waals surface area (Å²) in [4.78, 5) is 0. The number of fused-ring (bicyclic) bond motifs is 16. The Morgan fingerprint density at radius 2 is 1.05 bits per heavy atom. The molecule has 0 N–H and O–H groups in total. The highest BCUT2D eigenvalue weighted by Crippen LogP contribution is 2.46. The fraction of sp³-hybridized carbons (Fsp3) is 0.0741. The molecule has 0 aliphatic heterocycles. The van der Waals surface area contributed by atoms with Crippen LogP contribution in [-0.2, 0) is 12.8 Å². The fourth-order valence-electron chi connectivity index (χ4n) is 10.5. The summed E-state index contributed by atoms with van der Waals surface area (Å²) < 4.78 is 16.7. The van der Waals surface area contributed by atoms with Crippen LogP contribution in [0.5, 0.6) is 0 Å². The van der Waals surface area contributed by atoms with Crippen LogP contribution < -0.4 is 0 Å². The molecule has 5 aromatic heterocycles. The quantitative estimate of drug-likeness (QED) is 0.175. The third-order valence-corrected chi connectivity index (χ3v) is 15.5. The molecule has 1 aliphatic rings. The van der Waals surface area contributed by atoms with E-state index in [9.17, 15) is 0 Å². The van der Waals surface area contributed by atoms with E-state index in [0.29, 0.717) is 0 Å². The monoisotopic (exact) mass is 790 g/mol. The minimum atomic E-state index is 0.923. The molecule has 0 amide bonds. The number of hydrogen-bond donors (Lipinski definition) is 0. The average Bonchev–Trinajstić information content (AvgIpc) is 4.10.